The van der Waals surface area contributed by atoms with Gasteiger partial charge in [0.05, 0.1) is 28.0 Å². The van der Waals surface area contributed by atoms with Gasteiger partial charge in [-0.05, 0) is 12.1 Å². The number of nitrogens with zero attached hydrogens (tertiary/aromatic N) is 6. The highest BCUT2D eigenvalue weighted by atomic mass is 35.5. The van der Waals surface area contributed by atoms with Crippen molar-refractivity contribution in [3.8, 4) is 17.5 Å². The molecule has 26 heavy (non-hydrogen) atoms. The second-order valence-corrected chi connectivity index (χ2v) is 5.94. The van der Waals surface area contributed by atoms with Gasteiger partial charge < -0.3 is 10.3 Å². The molecule has 4 rings (SSSR count). The zero-order valence-electron chi connectivity index (χ0n) is 12.9. The minimum atomic E-state index is 0.223. The van der Waals surface area contributed by atoms with E-state index < -0.39 is 0 Å². The Morgan fingerprint density at radius 1 is 1.04 bits per heavy atom. The van der Waals surface area contributed by atoms with Crippen LogP contribution in [0.2, 0.25) is 10.0 Å². The van der Waals surface area contributed by atoms with E-state index in [0.29, 0.717) is 44.2 Å². The van der Waals surface area contributed by atoms with Crippen molar-refractivity contribution in [2.24, 2.45) is 0 Å². The molecule has 8 nitrogen and oxygen atoms in total. The summed E-state index contributed by atoms with van der Waals surface area (Å²) in [7, 11) is 0. The van der Waals surface area contributed by atoms with E-state index in [4.69, 9.17) is 28.5 Å². The Morgan fingerprint density at radius 2 is 1.85 bits per heavy atom. The van der Waals surface area contributed by atoms with Gasteiger partial charge in [-0.3, -0.25) is 0 Å². The second kappa shape index (κ2) is 6.55. The largest absolute Gasteiger partial charge is 0.333 e. The van der Waals surface area contributed by atoms with Crippen molar-refractivity contribution >= 4 is 46.0 Å². The number of imidazole rings is 1. The van der Waals surface area contributed by atoms with Gasteiger partial charge in [-0.1, -0.05) is 29.3 Å². The summed E-state index contributed by atoms with van der Waals surface area (Å²) in [6.07, 6.45) is 4.18. The zero-order chi connectivity index (χ0) is 18.1. The number of nitrogens with one attached hydrogen (secondary N) is 2. The zero-order valence-corrected chi connectivity index (χ0v) is 14.4. The van der Waals surface area contributed by atoms with Crippen LogP contribution >= 0.6 is 23.2 Å². The number of aromatic amines is 1. The van der Waals surface area contributed by atoms with Gasteiger partial charge in [-0.25, -0.2) is 24.9 Å². The molecule has 1 aromatic carbocycles. The van der Waals surface area contributed by atoms with E-state index in [1.54, 1.807) is 18.2 Å². The highest BCUT2D eigenvalue weighted by Crippen LogP contribution is 2.34. The number of halogens is 2. The number of hydrogen-bond acceptors (Lipinski definition) is 7. The number of hydrogen-bond donors (Lipinski definition) is 2. The van der Waals surface area contributed by atoms with Crippen LogP contribution in [-0.2, 0) is 0 Å². The molecule has 126 valence electrons. The lowest BCUT2D eigenvalue weighted by Crippen LogP contribution is -1.99. The van der Waals surface area contributed by atoms with Gasteiger partial charge in [0, 0.05) is 0 Å². The number of fused-ring (bicyclic) bond motifs is 1. The Kier molecular flexibility index (Phi) is 4.08. The van der Waals surface area contributed by atoms with Crippen LogP contribution in [0.1, 0.15) is 5.69 Å². The highest BCUT2D eigenvalue weighted by Gasteiger charge is 2.16. The molecule has 0 saturated heterocycles. The van der Waals surface area contributed by atoms with Crippen LogP contribution in [0.5, 0.6) is 0 Å². The normalized spacial score (nSPS) is 10.7. The summed E-state index contributed by atoms with van der Waals surface area (Å²) >= 11 is 12.5. The predicted molar refractivity (Wildman–Crippen MR) is 97.2 cm³/mol. The van der Waals surface area contributed by atoms with Gasteiger partial charge >= 0.3 is 0 Å². The average Bonchev–Trinajstić information content (AvgIpc) is 3.07. The van der Waals surface area contributed by atoms with Gasteiger partial charge in [0.1, 0.15) is 29.6 Å². The van der Waals surface area contributed by atoms with E-state index in [2.05, 4.69) is 35.2 Å². The first kappa shape index (κ1) is 16.2. The Balaban J connectivity index is 1.77. The quantitative estimate of drug-likeness (QED) is 0.554. The molecule has 3 heterocycles. The standard InChI is InChI=1S/C16H8Cl2N8/c17-9-2-1-3-10(18)12(9)14-25-13-15(22-7-23-16(13)26-14)24-11-6-20-8(4-19)5-21-11/h1-3,5-7H,(H2,21,22,23,24,25,26). The maximum absolute atomic E-state index is 8.79. The maximum Gasteiger partial charge on any atom is 0.183 e. The number of H-pyrrole nitrogens is 1. The van der Waals surface area contributed by atoms with Crippen LogP contribution in [0.4, 0.5) is 11.6 Å². The number of nitriles is 1. The van der Waals surface area contributed by atoms with Gasteiger partial charge in [0.2, 0.25) is 0 Å². The summed E-state index contributed by atoms with van der Waals surface area (Å²) in [4.78, 5) is 24.0. The van der Waals surface area contributed by atoms with Crippen LogP contribution in [0.25, 0.3) is 22.6 Å². The number of benzene rings is 1. The Morgan fingerprint density at radius 3 is 2.54 bits per heavy atom. The van der Waals surface area contributed by atoms with Crippen molar-refractivity contribution in [3.05, 3.63) is 52.7 Å². The molecule has 2 N–H and O–H groups in total. The third-order valence-corrected chi connectivity index (χ3v) is 4.13. The fraction of sp³-hybridized carbons (Fsp3) is 0. The molecule has 0 atom stereocenters. The van der Waals surface area contributed by atoms with E-state index in [1.165, 1.54) is 18.7 Å². The van der Waals surface area contributed by atoms with Crippen molar-refractivity contribution in [2.45, 2.75) is 0 Å². The van der Waals surface area contributed by atoms with Gasteiger partial charge in [0.15, 0.2) is 17.2 Å². The lowest BCUT2D eigenvalue weighted by atomic mass is 10.2. The summed E-state index contributed by atoms with van der Waals surface area (Å²) < 4.78 is 0. The third-order valence-electron chi connectivity index (χ3n) is 3.50. The molecular weight excluding hydrogens is 375 g/mol. The minimum absolute atomic E-state index is 0.223. The lowest BCUT2D eigenvalue weighted by molar-refractivity contribution is 1.14. The summed E-state index contributed by atoms with van der Waals surface area (Å²) in [6.45, 7) is 0. The van der Waals surface area contributed by atoms with Crippen molar-refractivity contribution in [1.82, 2.24) is 29.9 Å². The van der Waals surface area contributed by atoms with Crippen LogP contribution in [0.3, 0.4) is 0 Å². The number of anilines is 2. The molecule has 0 spiro atoms. The van der Waals surface area contributed by atoms with Crippen molar-refractivity contribution in [3.63, 3.8) is 0 Å². The first-order chi connectivity index (χ1) is 12.7. The smallest absolute Gasteiger partial charge is 0.183 e. The summed E-state index contributed by atoms with van der Waals surface area (Å²) in [5, 5.41) is 12.7. The van der Waals surface area contributed by atoms with Gasteiger partial charge in [-0.15, -0.1) is 0 Å². The Labute approximate surface area is 156 Å². The molecule has 0 aliphatic carbocycles. The van der Waals surface area contributed by atoms with E-state index in [-0.39, 0.29) is 5.69 Å². The van der Waals surface area contributed by atoms with Crippen molar-refractivity contribution < 1.29 is 0 Å². The second-order valence-electron chi connectivity index (χ2n) is 5.13. The monoisotopic (exact) mass is 382 g/mol. The molecule has 0 saturated carbocycles. The molecule has 0 fully saturated rings. The summed E-state index contributed by atoms with van der Waals surface area (Å²) in [5.41, 5.74) is 1.80. The van der Waals surface area contributed by atoms with E-state index in [1.807, 2.05) is 6.07 Å². The molecule has 4 aromatic rings. The highest BCUT2D eigenvalue weighted by molar-refractivity contribution is 6.39. The molecule has 0 aliphatic rings. The predicted octanol–water partition coefficient (Wildman–Crippen LogP) is 3.73. The van der Waals surface area contributed by atoms with Crippen molar-refractivity contribution in [1.29, 1.82) is 5.26 Å². The Bertz CT molecular complexity index is 1130. The van der Waals surface area contributed by atoms with Crippen LogP contribution in [0, 0.1) is 11.3 Å². The average molecular weight is 383 g/mol. The molecule has 3 aromatic heterocycles. The SMILES string of the molecule is N#Cc1cnc(Nc2ncnc3nc(-c4c(Cl)cccc4Cl)[nH]c23)cn1. The summed E-state index contributed by atoms with van der Waals surface area (Å²) in [6, 6.07) is 7.13. The molecule has 10 heteroatoms. The van der Waals surface area contributed by atoms with E-state index in [0.717, 1.165) is 0 Å². The lowest BCUT2D eigenvalue weighted by Gasteiger charge is -2.04. The number of rotatable bonds is 3. The fourth-order valence-electron chi connectivity index (χ4n) is 2.34. The van der Waals surface area contributed by atoms with Gasteiger partial charge in [-0.2, -0.15) is 5.26 Å². The topological polar surface area (TPSA) is 116 Å². The first-order valence-electron chi connectivity index (χ1n) is 7.30. The first-order valence-corrected chi connectivity index (χ1v) is 8.05. The van der Waals surface area contributed by atoms with Gasteiger partial charge in [0.25, 0.3) is 0 Å². The number of aromatic nitrogens is 6. The molecule has 0 radical (unpaired) electrons. The van der Waals surface area contributed by atoms with Crippen LogP contribution in [0.15, 0.2) is 36.9 Å². The van der Waals surface area contributed by atoms with Crippen molar-refractivity contribution in [2.75, 3.05) is 5.32 Å². The third kappa shape index (κ3) is 2.90. The minimum Gasteiger partial charge on any atom is -0.333 e. The van der Waals surface area contributed by atoms with E-state index >= 15 is 0 Å². The molecule has 0 aliphatic heterocycles. The molecule has 0 amide bonds. The Hall–Kier alpha value is -3.28. The summed E-state index contributed by atoms with van der Waals surface area (Å²) in [5.74, 6) is 1.36. The molecular formula is C16H8Cl2N8. The molecule has 0 unspecified atom stereocenters. The molecule has 0 bridgehead atoms. The maximum atomic E-state index is 8.79. The van der Waals surface area contributed by atoms with Crippen LogP contribution < -0.4 is 5.32 Å². The van der Waals surface area contributed by atoms with E-state index in [9.17, 15) is 0 Å². The fourth-order valence-corrected chi connectivity index (χ4v) is 2.91. The van der Waals surface area contributed by atoms with Crippen LogP contribution in [-0.4, -0.2) is 29.9 Å².